The molecule has 4 heteroatoms. The molecular weight excluding hydrogens is 262 g/mol. The van der Waals surface area contributed by atoms with Crippen molar-refractivity contribution in [1.29, 1.82) is 0 Å². The van der Waals surface area contributed by atoms with Crippen LogP contribution in [0.2, 0.25) is 5.02 Å². The molecule has 0 N–H and O–H groups in total. The number of likely N-dealkylation sites (tertiary alicyclic amines) is 1. The van der Waals surface area contributed by atoms with Gasteiger partial charge in [-0.2, -0.15) is 0 Å². The Kier molecular flexibility index (Phi) is 4.70. The lowest BCUT2D eigenvalue weighted by Gasteiger charge is -2.32. The number of nitrogens with zero attached hydrogens (tertiary/aromatic N) is 1. The summed E-state index contributed by atoms with van der Waals surface area (Å²) in [5.74, 6) is 1.48. The summed E-state index contributed by atoms with van der Waals surface area (Å²) in [4.78, 5) is 13.6. The molecule has 0 unspecified atom stereocenters. The molecule has 0 bridgehead atoms. The van der Waals surface area contributed by atoms with E-state index >= 15 is 0 Å². The fourth-order valence-electron chi connectivity index (χ4n) is 2.62. The first-order chi connectivity index (χ1) is 9.15. The highest BCUT2D eigenvalue weighted by atomic mass is 35.5. The second-order valence-electron chi connectivity index (χ2n) is 4.90. The van der Waals surface area contributed by atoms with Gasteiger partial charge < -0.3 is 9.64 Å². The molecule has 0 radical (unpaired) electrons. The van der Waals surface area contributed by atoms with Crippen molar-refractivity contribution in [2.75, 3.05) is 20.2 Å². The van der Waals surface area contributed by atoms with E-state index in [-0.39, 0.29) is 5.91 Å². The molecule has 0 aliphatic carbocycles. The molecule has 19 heavy (non-hydrogen) atoms. The number of amides is 1. The predicted molar refractivity (Wildman–Crippen MR) is 76.9 cm³/mol. The van der Waals surface area contributed by atoms with E-state index in [9.17, 15) is 4.79 Å². The first-order valence-corrected chi connectivity index (χ1v) is 7.14. The van der Waals surface area contributed by atoms with Crippen LogP contribution in [0, 0.1) is 0 Å². The Bertz CT molecular complexity index is 453. The molecule has 104 valence electrons. The van der Waals surface area contributed by atoms with Crippen LogP contribution in [0.4, 0.5) is 0 Å². The third kappa shape index (κ3) is 3.21. The molecular formula is C15H20ClNO2. The van der Waals surface area contributed by atoms with Gasteiger partial charge in [-0.3, -0.25) is 4.79 Å². The Balaban J connectivity index is 2.03. The lowest BCUT2D eigenvalue weighted by Crippen LogP contribution is -2.37. The predicted octanol–water partition coefficient (Wildman–Crippen LogP) is 3.46. The molecule has 1 heterocycles. The average Bonchev–Trinajstić information content (AvgIpc) is 2.47. The second kappa shape index (κ2) is 6.29. The molecule has 1 aliphatic heterocycles. The topological polar surface area (TPSA) is 29.5 Å². The number of ether oxygens (including phenoxy) is 1. The number of piperidine rings is 1. The van der Waals surface area contributed by atoms with Gasteiger partial charge in [-0.05, 0) is 36.5 Å². The maximum absolute atomic E-state index is 11.6. The van der Waals surface area contributed by atoms with Crippen LogP contribution in [0.15, 0.2) is 18.2 Å². The van der Waals surface area contributed by atoms with Crippen LogP contribution >= 0.6 is 11.6 Å². The van der Waals surface area contributed by atoms with Gasteiger partial charge in [0, 0.05) is 19.5 Å². The van der Waals surface area contributed by atoms with Crippen LogP contribution in [-0.2, 0) is 4.79 Å². The van der Waals surface area contributed by atoms with Gasteiger partial charge in [-0.1, -0.05) is 24.6 Å². The largest absolute Gasteiger partial charge is 0.495 e. The van der Waals surface area contributed by atoms with Gasteiger partial charge in [0.15, 0.2) is 0 Å². The Morgan fingerprint density at radius 1 is 1.42 bits per heavy atom. The Morgan fingerprint density at radius 3 is 2.68 bits per heavy atom. The molecule has 3 nitrogen and oxygen atoms in total. The molecule has 0 spiro atoms. The maximum atomic E-state index is 11.6. The molecule has 0 saturated carbocycles. The van der Waals surface area contributed by atoms with Crippen LogP contribution in [0.5, 0.6) is 5.75 Å². The zero-order valence-corrected chi connectivity index (χ0v) is 12.2. The summed E-state index contributed by atoms with van der Waals surface area (Å²) < 4.78 is 5.26. The van der Waals surface area contributed by atoms with Crippen molar-refractivity contribution in [3.8, 4) is 5.75 Å². The van der Waals surface area contributed by atoms with Gasteiger partial charge in [-0.15, -0.1) is 0 Å². The van der Waals surface area contributed by atoms with E-state index in [1.165, 1.54) is 5.56 Å². The lowest BCUT2D eigenvalue weighted by atomic mass is 9.89. The average molecular weight is 282 g/mol. The van der Waals surface area contributed by atoms with Crippen LogP contribution in [0.3, 0.4) is 0 Å². The lowest BCUT2D eigenvalue weighted by molar-refractivity contribution is -0.131. The fraction of sp³-hybridized carbons (Fsp3) is 0.533. The Labute approximate surface area is 119 Å². The first-order valence-electron chi connectivity index (χ1n) is 6.77. The SMILES string of the molecule is CCC(=O)N1CCC(c2ccc(Cl)c(OC)c2)CC1. The minimum atomic E-state index is 0.257. The third-order valence-corrected chi connectivity index (χ3v) is 4.11. The molecule has 0 atom stereocenters. The molecule has 1 aliphatic rings. The van der Waals surface area contributed by atoms with Crippen molar-refractivity contribution in [3.05, 3.63) is 28.8 Å². The second-order valence-corrected chi connectivity index (χ2v) is 5.31. The summed E-state index contributed by atoms with van der Waals surface area (Å²) >= 11 is 6.04. The zero-order valence-electron chi connectivity index (χ0n) is 11.5. The van der Waals surface area contributed by atoms with Crippen molar-refractivity contribution >= 4 is 17.5 Å². The van der Waals surface area contributed by atoms with Gasteiger partial charge >= 0.3 is 0 Å². The van der Waals surface area contributed by atoms with E-state index in [1.54, 1.807) is 7.11 Å². The van der Waals surface area contributed by atoms with Gasteiger partial charge in [0.05, 0.1) is 12.1 Å². The van der Waals surface area contributed by atoms with Crippen LogP contribution in [0.1, 0.15) is 37.7 Å². The number of methoxy groups -OCH3 is 1. The van der Waals surface area contributed by atoms with Crippen LogP contribution in [0.25, 0.3) is 0 Å². The highest BCUT2D eigenvalue weighted by molar-refractivity contribution is 6.32. The minimum absolute atomic E-state index is 0.257. The first kappa shape index (κ1) is 14.2. The highest BCUT2D eigenvalue weighted by Crippen LogP contribution is 2.33. The summed E-state index contributed by atoms with van der Waals surface area (Å²) in [5, 5.41) is 0.643. The minimum Gasteiger partial charge on any atom is -0.495 e. The molecule has 2 rings (SSSR count). The Morgan fingerprint density at radius 2 is 2.11 bits per heavy atom. The summed E-state index contributed by atoms with van der Waals surface area (Å²) in [6, 6.07) is 5.97. The smallest absolute Gasteiger partial charge is 0.222 e. The Hall–Kier alpha value is -1.22. The van der Waals surface area contributed by atoms with E-state index in [1.807, 2.05) is 24.0 Å². The summed E-state index contributed by atoms with van der Waals surface area (Å²) in [7, 11) is 1.63. The van der Waals surface area contributed by atoms with Gasteiger partial charge in [0.1, 0.15) is 5.75 Å². The number of rotatable bonds is 3. The van der Waals surface area contributed by atoms with E-state index in [0.717, 1.165) is 31.7 Å². The van der Waals surface area contributed by atoms with Gasteiger partial charge in [0.25, 0.3) is 0 Å². The highest BCUT2D eigenvalue weighted by Gasteiger charge is 2.23. The normalized spacial score (nSPS) is 16.5. The molecule has 1 saturated heterocycles. The number of hydrogen-bond donors (Lipinski definition) is 0. The molecule has 1 amide bonds. The molecule has 1 fully saturated rings. The monoisotopic (exact) mass is 281 g/mol. The van der Waals surface area contributed by atoms with E-state index in [2.05, 4.69) is 6.07 Å². The number of carbonyl (C=O) groups is 1. The molecule has 1 aromatic carbocycles. The van der Waals surface area contributed by atoms with E-state index in [0.29, 0.717) is 17.4 Å². The van der Waals surface area contributed by atoms with Crippen LogP contribution in [-0.4, -0.2) is 31.0 Å². The van der Waals surface area contributed by atoms with Crippen LogP contribution < -0.4 is 4.74 Å². The van der Waals surface area contributed by atoms with Crippen molar-refractivity contribution in [2.45, 2.75) is 32.1 Å². The van der Waals surface area contributed by atoms with Crippen molar-refractivity contribution in [2.24, 2.45) is 0 Å². The number of hydrogen-bond acceptors (Lipinski definition) is 2. The fourth-order valence-corrected chi connectivity index (χ4v) is 2.81. The number of carbonyl (C=O) groups excluding carboxylic acids is 1. The van der Waals surface area contributed by atoms with Gasteiger partial charge in [0.2, 0.25) is 5.91 Å². The quantitative estimate of drug-likeness (QED) is 0.849. The van der Waals surface area contributed by atoms with Gasteiger partial charge in [-0.25, -0.2) is 0 Å². The number of benzene rings is 1. The zero-order chi connectivity index (χ0) is 13.8. The van der Waals surface area contributed by atoms with Crippen molar-refractivity contribution in [1.82, 2.24) is 4.90 Å². The van der Waals surface area contributed by atoms with Crippen molar-refractivity contribution < 1.29 is 9.53 Å². The standard InChI is InChI=1S/C15H20ClNO2/c1-3-15(18)17-8-6-11(7-9-17)12-4-5-13(16)14(10-12)19-2/h4-5,10-11H,3,6-9H2,1-2H3. The maximum Gasteiger partial charge on any atom is 0.222 e. The molecule has 1 aromatic rings. The molecule has 0 aromatic heterocycles. The van der Waals surface area contributed by atoms with E-state index < -0.39 is 0 Å². The van der Waals surface area contributed by atoms with Crippen molar-refractivity contribution in [3.63, 3.8) is 0 Å². The summed E-state index contributed by atoms with van der Waals surface area (Å²) in [5.41, 5.74) is 1.25. The van der Waals surface area contributed by atoms with E-state index in [4.69, 9.17) is 16.3 Å². The summed E-state index contributed by atoms with van der Waals surface area (Å²) in [6.45, 7) is 3.61. The number of halogens is 1. The summed E-state index contributed by atoms with van der Waals surface area (Å²) in [6.07, 6.45) is 2.62. The third-order valence-electron chi connectivity index (χ3n) is 3.80.